The van der Waals surface area contributed by atoms with E-state index in [-0.39, 0.29) is 12.5 Å². The Labute approximate surface area is 172 Å². The fourth-order valence-electron chi connectivity index (χ4n) is 3.14. The molecule has 0 unspecified atom stereocenters. The van der Waals surface area contributed by atoms with Crippen molar-refractivity contribution in [3.63, 3.8) is 0 Å². The van der Waals surface area contributed by atoms with Gasteiger partial charge >= 0.3 is 6.18 Å². The molecule has 0 bridgehead atoms. The van der Waals surface area contributed by atoms with E-state index < -0.39 is 11.7 Å². The van der Waals surface area contributed by atoms with Crippen LogP contribution in [-0.2, 0) is 18.0 Å². The van der Waals surface area contributed by atoms with E-state index >= 15 is 0 Å². The molecule has 1 aliphatic rings. The molecule has 0 N–H and O–H groups in total. The molecular weight excluding hydrogens is 395 g/mol. The van der Waals surface area contributed by atoms with E-state index in [0.29, 0.717) is 41.3 Å². The van der Waals surface area contributed by atoms with Gasteiger partial charge in [-0.2, -0.15) is 13.2 Å². The van der Waals surface area contributed by atoms with E-state index in [9.17, 15) is 18.0 Å². The number of hydrogen-bond donors (Lipinski definition) is 0. The second-order valence-electron chi connectivity index (χ2n) is 6.88. The van der Waals surface area contributed by atoms with Gasteiger partial charge in [0.25, 0.3) is 5.91 Å². The summed E-state index contributed by atoms with van der Waals surface area (Å²) in [5, 5.41) is 0. The van der Waals surface area contributed by atoms with Gasteiger partial charge in [-0.25, -0.2) is 4.98 Å². The number of nitrogens with zero attached hydrogens (tertiary/aromatic N) is 3. The molecule has 2 heterocycles. The van der Waals surface area contributed by atoms with Gasteiger partial charge in [0.05, 0.1) is 24.6 Å². The van der Waals surface area contributed by atoms with Crippen molar-refractivity contribution >= 4 is 11.5 Å². The van der Waals surface area contributed by atoms with Crippen molar-refractivity contribution < 1.29 is 22.7 Å². The Kier molecular flexibility index (Phi) is 6.14. The molecule has 1 aliphatic heterocycles. The highest BCUT2D eigenvalue weighted by Gasteiger charge is 2.30. The first-order valence-corrected chi connectivity index (χ1v) is 9.33. The SMILES string of the molecule is C=C1OCCN(C(=O)c2cncn2C)C/C1=C/C(=C\C)c1ccc(C(F)(F)F)cc1. The van der Waals surface area contributed by atoms with E-state index in [4.69, 9.17) is 4.74 Å². The maximum absolute atomic E-state index is 12.9. The number of benzene rings is 1. The summed E-state index contributed by atoms with van der Waals surface area (Å²) in [6.07, 6.45) is 2.26. The van der Waals surface area contributed by atoms with Crippen LogP contribution in [0.15, 0.2) is 66.9 Å². The molecule has 3 rings (SSSR count). The summed E-state index contributed by atoms with van der Waals surface area (Å²) in [4.78, 5) is 18.5. The van der Waals surface area contributed by atoms with Crippen molar-refractivity contribution in [3.8, 4) is 0 Å². The molecule has 0 saturated carbocycles. The molecule has 158 valence electrons. The van der Waals surface area contributed by atoms with Crippen LogP contribution in [0.1, 0.15) is 28.5 Å². The number of halogens is 3. The van der Waals surface area contributed by atoms with Crippen molar-refractivity contribution in [2.75, 3.05) is 19.7 Å². The van der Waals surface area contributed by atoms with Crippen molar-refractivity contribution in [1.29, 1.82) is 0 Å². The number of ether oxygens (including phenoxy) is 1. The number of carbonyl (C=O) groups excluding carboxylic acids is 1. The van der Waals surface area contributed by atoms with Gasteiger partial charge in [-0.3, -0.25) is 4.79 Å². The zero-order valence-electron chi connectivity index (χ0n) is 16.7. The van der Waals surface area contributed by atoms with Crippen LogP contribution in [0.25, 0.3) is 5.57 Å². The molecule has 1 aromatic carbocycles. The highest BCUT2D eigenvalue weighted by Crippen LogP contribution is 2.31. The average molecular weight is 417 g/mol. The van der Waals surface area contributed by atoms with Crippen LogP contribution in [-0.4, -0.2) is 40.1 Å². The Morgan fingerprint density at radius 3 is 2.53 bits per heavy atom. The van der Waals surface area contributed by atoms with Crippen molar-refractivity contribution in [1.82, 2.24) is 14.5 Å². The zero-order chi connectivity index (χ0) is 21.9. The number of rotatable bonds is 3. The molecule has 8 heteroatoms. The maximum Gasteiger partial charge on any atom is 0.416 e. The standard InChI is InChI=1S/C22H22F3N3O2/c1-4-16(17-5-7-19(8-6-17)22(23,24)25)11-18-13-28(9-10-30-15(18)2)21(29)20-12-26-14-27(20)3/h4-8,11-12,14H,2,9-10,13H2,1,3H3/b16-4+,18-11-. The van der Waals surface area contributed by atoms with Gasteiger partial charge in [0.15, 0.2) is 0 Å². The fraction of sp³-hybridized carbons (Fsp3) is 0.273. The summed E-state index contributed by atoms with van der Waals surface area (Å²) < 4.78 is 45.8. The molecule has 0 radical (unpaired) electrons. The van der Waals surface area contributed by atoms with Gasteiger partial charge in [0.1, 0.15) is 18.1 Å². The predicted octanol–water partition coefficient (Wildman–Crippen LogP) is 4.45. The summed E-state index contributed by atoms with van der Waals surface area (Å²) in [5.74, 6) is 0.248. The first kappa shape index (κ1) is 21.4. The minimum absolute atomic E-state index is 0.184. The second-order valence-corrected chi connectivity index (χ2v) is 6.88. The van der Waals surface area contributed by atoms with Gasteiger partial charge in [0.2, 0.25) is 0 Å². The van der Waals surface area contributed by atoms with Crippen LogP contribution >= 0.6 is 0 Å². The highest BCUT2D eigenvalue weighted by atomic mass is 19.4. The minimum atomic E-state index is -4.39. The predicted molar refractivity (Wildman–Crippen MR) is 107 cm³/mol. The lowest BCUT2D eigenvalue weighted by atomic mass is 10.0. The van der Waals surface area contributed by atoms with Gasteiger partial charge in [-0.1, -0.05) is 24.8 Å². The first-order chi connectivity index (χ1) is 14.2. The summed E-state index contributed by atoms with van der Waals surface area (Å²) in [5.41, 5.74) is 1.76. The Hall–Kier alpha value is -3.29. The monoisotopic (exact) mass is 417 g/mol. The number of alkyl halides is 3. The number of hydrogen-bond acceptors (Lipinski definition) is 3. The average Bonchev–Trinajstić information content (AvgIpc) is 3.05. The highest BCUT2D eigenvalue weighted by molar-refractivity contribution is 5.92. The number of allylic oxidation sites excluding steroid dienone is 3. The van der Waals surface area contributed by atoms with E-state index in [0.717, 1.165) is 12.1 Å². The summed E-state index contributed by atoms with van der Waals surface area (Å²) in [7, 11) is 1.74. The molecule has 0 atom stereocenters. The fourth-order valence-corrected chi connectivity index (χ4v) is 3.14. The third-order valence-corrected chi connectivity index (χ3v) is 4.87. The van der Waals surface area contributed by atoms with Crippen molar-refractivity contribution in [3.05, 3.63) is 83.7 Å². The summed E-state index contributed by atoms with van der Waals surface area (Å²) in [6, 6.07) is 4.95. The molecule has 1 fully saturated rings. The Morgan fingerprint density at radius 1 is 1.27 bits per heavy atom. The quantitative estimate of drug-likeness (QED) is 0.741. The lowest BCUT2D eigenvalue weighted by molar-refractivity contribution is -0.137. The number of imidazole rings is 1. The number of aromatic nitrogens is 2. The smallest absolute Gasteiger partial charge is 0.416 e. The molecule has 5 nitrogen and oxygen atoms in total. The van der Waals surface area contributed by atoms with Crippen LogP contribution in [0.2, 0.25) is 0 Å². The number of aryl methyl sites for hydroxylation is 1. The molecule has 2 aromatic rings. The lowest BCUT2D eigenvalue weighted by Gasteiger charge is -2.20. The summed E-state index contributed by atoms with van der Waals surface area (Å²) >= 11 is 0. The molecule has 1 saturated heterocycles. The third kappa shape index (κ3) is 4.64. The van der Waals surface area contributed by atoms with Crippen LogP contribution in [0.5, 0.6) is 0 Å². The van der Waals surface area contributed by atoms with Crippen LogP contribution in [0.4, 0.5) is 13.2 Å². The maximum atomic E-state index is 12.9. The Bertz CT molecular complexity index is 1000. The third-order valence-electron chi connectivity index (χ3n) is 4.87. The number of amides is 1. The number of carbonyl (C=O) groups is 1. The Morgan fingerprint density at radius 2 is 1.97 bits per heavy atom. The van der Waals surface area contributed by atoms with Crippen LogP contribution in [0, 0.1) is 0 Å². The van der Waals surface area contributed by atoms with E-state index in [1.165, 1.54) is 18.3 Å². The molecule has 30 heavy (non-hydrogen) atoms. The molecule has 1 aromatic heterocycles. The molecule has 1 amide bonds. The largest absolute Gasteiger partial charge is 0.492 e. The van der Waals surface area contributed by atoms with Crippen LogP contribution < -0.4 is 0 Å². The van der Waals surface area contributed by atoms with Gasteiger partial charge in [-0.05, 0) is 36.3 Å². The van der Waals surface area contributed by atoms with Gasteiger partial charge < -0.3 is 14.2 Å². The second kappa shape index (κ2) is 8.61. The van der Waals surface area contributed by atoms with E-state index in [2.05, 4.69) is 11.6 Å². The van der Waals surface area contributed by atoms with Gasteiger partial charge in [-0.15, -0.1) is 0 Å². The van der Waals surface area contributed by atoms with E-state index in [1.807, 2.05) is 0 Å². The normalized spacial score (nSPS) is 17.1. The molecule has 0 spiro atoms. The van der Waals surface area contributed by atoms with Gasteiger partial charge in [0, 0.05) is 19.2 Å². The lowest BCUT2D eigenvalue weighted by Crippen LogP contribution is -2.34. The minimum Gasteiger partial charge on any atom is -0.492 e. The molecular formula is C22H22F3N3O2. The first-order valence-electron chi connectivity index (χ1n) is 9.33. The zero-order valence-corrected chi connectivity index (χ0v) is 16.7. The molecule has 0 aliphatic carbocycles. The summed E-state index contributed by atoms with van der Waals surface area (Å²) in [6.45, 7) is 6.67. The van der Waals surface area contributed by atoms with Crippen molar-refractivity contribution in [2.24, 2.45) is 7.05 Å². The van der Waals surface area contributed by atoms with Crippen LogP contribution in [0.3, 0.4) is 0 Å². The topological polar surface area (TPSA) is 47.4 Å². The van der Waals surface area contributed by atoms with E-state index in [1.54, 1.807) is 41.9 Å². The van der Waals surface area contributed by atoms with Crippen molar-refractivity contribution in [2.45, 2.75) is 13.1 Å². The Balaban J connectivity index is 1.87.